The molecule has 5 nitrogen and oxygen atoms in total. The van der Waals surface area contributed by atoms with Crippen molar-refractivity contribution in [3.63, 3.8) is 0 Å². The summed E-state index contributed by atoms with van der Waals surface area (Å²) < 4.78 is 0. The molecule has 2 aromatic carbocycles. The predicted molar refractivity (Wildman–Crippen MR) is 128 cm³/mol. The van der Waals surface area contributed by atoms with E-state index in [1.807, 2.05) is 62.9 Å². The number of aryl methyl sites for hydroxylation is 3. The Morgan fingerprint density at radius 3 is 2.09 bits per heavy atom. The van der Waals surface area contributed by atoms with Crippen molar-refractivity contribution in [3.05, 3.63) is 69.2 Å². The highest BCUT2D eigenvalue weighted by Gasteiger charge is 2.45. The van der Waals surface area contributed by atoms with Crippen molar-refractivity contribution in [1.82, 2.24) is 9.80 Å². The second-order valence-electron chi connectivity index (χ2n) is 9.60. The summed E-state index contributed by atoms with van der Waals surface area (Å²) in [4.78, 5) is 29.8. The molecule has 2 saturated heterocycles. The van der Waals surface area contributed by atoms with Crippen molar-refractivity contribution in [2.45, 2.75) is 33.7 Å². The summed E-state index contributed by atoms with van der Waals surface area (Å²) in [6.07, 6.45) is 0. The molecule has 0 spiro atoms. The van der Waals surface area contributed by atoms with Crippen LogP contribution in [0.4, 0.5) is 0 Å². The SMILES string of the molecule is Cc1ccc(C(C(C)C(N)=O)N2CC3CN(C(=O)c4c(C)cccc4C)CC3C2)cc1Cl. The Morgan fingerprint density at radius 1 is 0.969 bits per heavy atom. The van der Waals surface area contributed by atoms with Crippen molar-refractivity contribution in [2.24, 2.45) is 23.5 Å². The van der Waals surface area contributed by atoms with Gasteiger partial charge in [-0.05, 0) is 60.9 Å². The number of nitrogens with zero attached hydrogens (tertiary/aromatic N) is 2. The standard InChI is InChI=1S/C26H32ClN3O2/c1-15-8-9-19(10-22(15)27)24(18(4)25(28)31)29-11-20-13-30(14-21(20)12-29)26(32)23-16(2)6-5-7-17(23)3/h5-10,18,20-21,24H,11-14H2,1-4H3,(H2,28,31). The number of amides is 2. The maximum atomic E-state index is 13.3. The van der Waals surface area contributed by atoms with Crippen molar-refractivity contribution in [2.75, 3.05) is 26.2 Å². The zero-order valence-corrected chi connectivity index (χ0v) is 20.0. The molecular weight excluding hydrogens is 422 g/mol. The highest BCUT2D eigenvalue weighted by atomic mass is 35.5. The first-order chi connectivity index (χ1) is 15.2. The highest BCUT2D eigenvalue weighted by Crippen LogP contribution is 2.40. The number of rotatable bonds is 5. The Balaban J connectivity index is 1.52. The first-order valence-corrected chi connectivity index (χ1v) is 11.7. The lowest BCUT2D eigenvalue weighted by Gasteiger charge is -2.33. The number of fused-ring (bicyclic) bond motifs is 1. The summed E-state index contributed by atoms with van der Waals surface area (Å²) in [5.41, 5.74) is 10.7. The average Bonchev–Trinajstić information content (AvgIpc) is 3.29. The largest absolute Gasteiger partial charge is 0.369 e. The number of carbonyl (C=O) groups is 2. The van der Waals surface area contributed by atoms with Crippen LogP contribution in [0.3, 0.4) is 0 Å². The molecule has 2 N–H and O–H groups in total. The van der Waals surface area contributed by atoms with Crippen molar-refractivity contribution in [1.29, 1.82) is 0 Å². The summed E-state index contributed by atoms with van der Waals surface area (Å²) in [5, 5.41) is 0.703. The minimum absolute atomic E-state index is 0.112. The van der Waals surface area contributed by atoms with E-state index >= 15 is 0 Å². The number of hydrogen-bond acceptors (Lipinski definition) is 3. The molecule has 4 rings (SSSR count). The second kappa shape index (κ2) is 8.87. The third-order valence-corrected chi connectivity index (χ3v) is 7.76. The molecular formula is C26H32ClN3O2. The van der Waals surface area contributed by atoms with Crippen molar-refractivity contribution in [3.8, 4) is 0 Å². The molecule has 2 fully saturated rings. The lowest BCUT2D eigenvalue weighted by molar-refractivity contribution is -0.123. The Morgan fingerprint density at radius 2 is 1.56 bits per heavy atom. The molecule has 2 aliphatic heterocycles. The fourth-order valence-electron chi connectivity index (χ4n) is 5.50. The number of hydrogen-bond donors (Lipinski definition) is 1. The molecule has 0 aliphatic carbocycles. The van der Waals surface area contributed by atoms with E-state index in [1.165, 1.54) is 0 Å². The number of halogens is 1. The Hall–Kier alpha value is -2.37. The zero-order valence-electron chi connectivity index (χ0n) is 19.3. The van der Waals surface area contributed by atoms with Gasteiger partial charge in [0.2, 0.25) is 5.91 Å². The van der Waals surface area contributed by atoms with E-state index in [-0.39, 0.29) is 23.8 Å². The van der Waals surface area contributed by atoms with Crippen LogP contribution in [0.15, 0.2) is 36.4 Å². The molecule has 2 aromatic rings. The normalized spacial score (nSPS) is 22.6. The topological polar surface area (TPSA) is 66.6 Å². The van der Waals surface area contributed by atoms with Gasteiger partial charge in [0, 0.05) is 42.8 Å². The quantitative estimate of drug-likeness (QED) is 0.740. The number of nitrogens with two attached hydrogens (primary N) is 1. The van der Waals surface area contributed by atoms with Crippen LogP contribution in [0.1, 0.15) is 45.6 Å². The van der Waals surface area contributed by atoms with Gasteiger partial charge in [0.25, 0.3) is 5.91 Å². The monoisotopic (exact) mass is 453 g/mol. The van der Waals surface area contributed by atoms with Crippen LogP contribution in [0.2, 0.25) is 5.02 Å². The Labute approximate surface area is 195 Å². The fraction of sp³-hybridized carbons (Fsp3) is 0.462. The molecule has 32 heavy (non-hydrogen) atoms. The molecule has 0 bridgehead atoms. The molecule has 2 heterocycles. The predicted octanol–water partition coefficient (Wildman–Crippen LogP) is 4.13. The van der Waals surface area contributed by atoms with Crippen molar-refractivity contribution < 1.29 is 9.59 Å². The summed E-state index contributed by atoms with van der Waals surface area (Å²) >= 11 is 6.40. The molecule has 4 unspecified atom stereocenters. The number of likely N-dealkylation sites (tertiary alicyclic amines) is 2. The molecule has 2 amide bonds. The van der Waals surface area contributed by atoms with Gasteiger partial charge >= 0.3 is 0 Å². The molecule has 4 atom stereocenters. The van der Waals surface area contributed by atoms with E-state index in [4.69, 9.17) is 17.3 Å². The van der Waals surface area contributed by atoms with Crippen LogP contribution in [0, 0.1) is 38.5 Å². The number of carbonyl (C=O) groups excluding carboxylic acids is 2. The second-order valence-corrected chi connectivity index (χ2v) is 10.0. The lowest BCUT2D eigenvalue weighted by Crippen LogP contribution is -2.39. The van der Waals surface area contributed by atoms with Gasteiger partial charge < -0.3 is 10.6 Å². The first kappa shape index (κ1) is 22.8. The zero-order chi connectivity index (χ0) is 23.2. The van der Waals surface area contributed by atoms with E-state index in [1.54, 1.807) is 0 Å². The number of primary amides is 1. The van der Waals surface area contributed by atoms with E-state index < -0.39 is 0 Å². The Bertz CT molecular complexity index is 1020. The first-order valence-electron chi connectivity index (χ1n) is 11.3. The summed E-state index contributed by atoms with van der Waals surface area (Å²) in [5.74, 6) is 0.281. The minimum atomic E-state index is -0.333. The van der Waals surface area contributed by atoms with Gasteiger partial charge in [0.1, 0.15) is 0 Å². The highest BCUT2D eigenvalue weighted by molar-refractivity contribution is 6.31. The maximum Gasteiger partial charge on any atom is 0.254 e. The van der Waals surface area contributed by atoms with Gasteiger partial charge in [-0.2, -0.15) is 0 Å². The van der Waals surface area contributed by atoms with Gasteiger partial charge in [-0.25, -0.2) is 0 Å². The van der Waals surface area contributed by atoms with E-state index in [2.05, 4.69) is 11.0 Å². The fourth-order valence-corrected chi connectivity index (χ4v) is 5.69. The summed E-state index contributed by atoms with van der Waals surface area (Å²) in [6.45, 7) is 11.1. The van der Waals surface area contributed by atoms with Gasteiger partial charge in [-0.3, -0.25) is 14.5 Å². The lowest BCUT2D eigenvalue weighted by atomic mass is 9.92. The summed E-state index contributed by atoms with van der Waals surface area (Å²) in [6, 6.07) is 11.9. The average molecular weight is 454 g/mol. The Kier molecular flexibility index (Phi) is 6.33. The van der Waals surface area contributed by atoms with E-state index in [0.717, 1.165) is 54.0 Å². The molecule has 170 valence electrons. The smallest absolute Gasteiger partial charge is 0.254 e. The molecule has 0 aromatic heterocycles. The van der Waals surface area contributed by atoms with E-state index in [9.17, 15) is 9.59 Å². The van der Waals surface area contributed by atoms with Crippen molar-refractivity contribution >= 4 is 23.4 Å². The molecule has 0 saturated carbocycles. The minimum Gasteiger partial charge on any atom is -0.369 e. The van der Waals surface area contributed by atoms with Gasteiger partial charge in [-0.15, -0.1) is 0 Å². The molecule has 0 radical (unpaired) electrons. The molecule has 2 aliphatic rings. The third-order valence-electron chi connectivity index (χ3n) is 7.35. The maximum absolute atomic E-state index is 13.3. The summed E-state index contributed by atoms with van der Waals surface area (Å²) in [7, 11) is 0. The number of benzene rings is 2. The van der Waals surface area contributed by atoms with Crippen LogP contribution in [-0.4, -0.2) is 47.8 Å². The van der Waals surface area contributed by atoms with E-state index in [0.29, 0.717) is 16.9 Å². The van der Waals surface area contributed by atoms with Gasteiger partial charge in [0.15, 0.2) is 0 Å². The van der Waals surface area contributed by atoms with Crippen LogP contribution in [0.5, 0.6) is 0 Å². The third kappa shape index (κ3) is 4.16. The van der Waals surface area contributed by atoms with Gasteiger partial charge in [-0.1, -0.05) is 48.9 Å². The molecule has 6 heteroatoms. The van der Waals surface area contributed by atoms with Crippen LogP contribution >= 0.6 is 11.6 Å². The van der Waals surface area contributed by atoms with Crippen LogP contribution in [-0.2, 0) is 4.79 Å². The van der Waals surface area contributed by atoms with Gasteiger partial charge in [0.05, 0.1) is 5.92 Å². The van der Waals surface area contributed by atoms with Crippen LogP contribution in [0.25, 0.3) is 0 Å². The van der Waals surface area contributed by atoms with Crippen LogP contribution < -0.4 is 5.73 Å².